The van der Waals surface area contributed by atoms with E-state index < -0.39 is 6.04 Å². The zero-order chi connectivity index (χ0) is 21.3. The van der Waals surface area contributed by atoms with Gasteiger partial charge in [-0.05, 0) is 68.3 Å². The standard InChI is InChI=1S/C24H26FN3O2/c1-15-12-20(21(25)13-16(15)2)17(3)26-24(29)19-4-6-22-18(14-19)5-7-23(27-22)28-8-10-30-11-9-28/h4-7,12-14,17H,8-11H2,1-3H3,(H,26,29)/t17-/m1/s1. The van der Waals surface area contributed by atoms with E-state index in [1.165, 1.54) is 6.07 Å². The smallest absolute Gasteiger partial charge is 0.251 e. The lowest BCUT2D eigenvalue weighted by atomic mass is 10.0. The SMILES string of the molecule is Cc1cc(F)c([C@@H](C)NC(=O)c2ccc3nc(N4CCOCC4)ccc3c2)cc1C. The Hall–Kier alpha value is -2.99. The molecule has 0 radical (unpaired) electrons. The molecule has 0 aliphatic carbocycles. The van der Waals surface area contributed by atoms with Gasteiger partial charge in [-0.25, -0.2) is 9.37 Å². The highest BCUT2D eigenvalue weighted by Crippen LogP contribution is 2.23. The van der Waals surface area contributed by atoms with Gasteiger partial charge in [0.15, 0.2) is 0 Å². The predicted molar refractivity (Wildman–Crippen MR) is 117 cm³/mol. The summed E-state index contributed by atoms with van der Waals surface area (Å²) < 4.78 is 19.8. The van der Waals surface area contributed by atoms with E-state index in [9.17, 15) is 9.18 Å². The van der Waals surface area contributed by atoms with E-state index in [-0.39, 0.29) is 11.7 Å². The van der Waals surface area contributed by atoms with Gasteiger partial charge in [0, 0.05) is 29.6 Å². The van der Waals surface area contributed by atoms with Crippen LogP contribution in [-0.2, 0) is 4.74 Å². The summed E-state index contributed by atoms with van der Waals surface area (Å²) in [5, 5.41) is 3.80. The Morgan fingerprint density at radius 3 is 2.60 bits per heavy atom. The van der Waals surface area contributed by atoms with Gasteiger partial charge < -0.3 is 15.0 Å². The second-order valence-corrected chi connectivity index (χ2v) is 7.83. The summed E-state index contributed by atoms with van der Waals surface area (Å²) in [6, 6.07) is 12.3. The number of fused-ring (bicyclic) bond motifs is 1. The number of halogens is 1. The van der Waals surface area contributed by atoms with Gasteiger partial charge in [0.25, 0.3) is 5.91 Å². The number of hydrogen-bond donors (Lipinski definition) is 1. The number of aryl methyl sites for hydroxylation is 2. The Morgan fingerprint density at radius 1 is 1.10 bits per heavy atom. The first-order valence-corrected chi connectivity index (χ1v) is 10.2. The number of morpholine rings is 1. The Bertz CT molecular complexity index is 1090. The minimum Gasteiger partial charge on any atom is -0.378 e. The summed E-state index contributed by atoms with van der Waals surface area (Å²) in [5.41, 5.74) is 3.75. The highest BCUT2D eigenvalue weighted by molar-refractivity contribution is 5.98. The van der Waals surface area contributed by atoms with Gasteiger partial charge in [0.2, 0.25) is 0 Å². The van der Waals surface area contributed by atoms with E-state index in [1.807, 2.05) is 38.1 Å². The number of carbonyl (C=O) groups excluding carboxylic acids is 1. The summed E-state index contributed by atoms with van der Waals surface area (Å²) in [6.07, 6.45) is 0. The summed E-state index contributed by atoms with van der Waals surface area (Å²) in [4.78, 5) is 19.7. The van der Waals surface area contributed by atoms with Gasteiger partial charge >= 0.3 is 0 Å². The van der Waals surface area contributed by atoms with Gasteiger partial charge in [-0.1, -0.05) is 6.07 Å². The zero-order valence-electron chi connectivity index (χ0n) is 17.5. The predicted octanol–water partition coefficient (Wildman–Crippen LogP) is 4.32. The van der Waals surface area contributed by atoms with Crippen LogP contribution >= 0.6 is 0 Å². The van der Waals surface area contributed by atoms with Crippen molar-refractivity contribution in [1.82, 2.24) is 10.3 Å². The average Bonchev–Trinajstić information content (AvgIpc) is 2.76. The largest absolute Gasteiger partial charge is 0.378 e. The molecule has 1 amide bonds. The number of aromatic nitrogens is 1. The zero-order valence-corrected chi connectivity index (χ0v) is 17.5. The van der Waals surface area contributed by atoms with Gasteiger partial charge in [-0.15, -0.1) is 0 Å². The number of nitrogens with zero attached hydrogens (tertiary/aromatic N) is 2. The molecule has 2 aromatic carbocycles. The molecule has 0 bridgehead atoms. The molecule has 0 spiro atoms. The van der Waals surface area contributed by atoms with Gasteiger partial charge in [0.1, 0.15) is 11.6 Å². The van der Waals surface area contributed by atoms with Crippen molar-refractivity contribution < 1.29 is 13.9 Å². The summed E-state index contributed by atoms with van der Waals surface area (Å²) in [6.45, 7) is 8.67. The molecule has 5 nitrogen and oxygen atoms in total. The highest BCUT2D eigenvalue weighted by atomic mass is 19.1. The Labute approximate surface area is 175 Å². The van der Waals surface area contributed by atoms with Crippen LogP contribution in [0.1, 0.15) is 40.0 Å². The number of nitrogens with one attached hydrogen (secondary N) is 1. The molecule has 1 N–H and O–H groups in total. The lowest BCUT2D eigenvalue weighted by molar-refractivity contribution is 0.0939. The van der Waals surface area contributed by atoms with Crippen LogP contribution in [0, 0.1) is 19.7 Å². The fourth-order valence-electron chi connectivity index (χ4n) is 3.72. The van der Waals surface area contributed by atoms with Crippen molar-refractivity contribution in [3.05, 3.63) is 70.5 Å². The first-order valence-electron chi connectivity index (χ1n) is 10.2. The van der Waals surface area contributed by atoms with Crippen molar-refractivity contribution in [2.24, 2.45) is 0 Å². The van der Waals surface area contributed by atoms with Gasteiger partial charge in [-0.2, -0.15) is 0 Å². The maximum absolute atomic E-state index is 14.4. The molecule has 4 rings (SSSR count). The number of amides is 1. The lowest BCUT2D eigenvalue weighted by Crippen LogP contribution is -2.36. The van der Waals surface area contributed by atoms with Crippen LogP contribution in [0.4, 0.5) is 10.2 Å². The fraction of sp³-hybridized carbons (Fsp3) is 0.333. The molecule has 1 aromatic heterocycles. The van der Waals surface area contributed by atoms with E-state index >= 15 is 0 Å². The Kier molecular flexibility index (Phi) is 5.68. The number of pyridine rings is 1. The van der Waals surface area contributed by atoms with Gasteiger partial charge in [-0.3, -0.25) is 4.79 Å². The number of rotatable bonds is 4. The maximum Gasteiger partial charge on any atom is 0.251 e. The molecule has 2 heterocycles. The molecule has 1 aliphatic rings. The molecular weight excluding hydrogens is 381 g/mol. The van der Waals surface area contributed by atoms with Crippen molar-refractivity contribution in [2.45, 2.75) is 26.8 Å². The van der Waals surface area contributed by atoms with E-state index in [0.717, 1.165) is 40.9 Å². The molecule has 3 aromatic rings. The highest BCUT2D eigenvalue weighted by Gasteiger charge is 2.17. The second kappa shape index (κ2) is 8.40. The first-order chi connectivity index (χ1) is 14.4. The number of benzene rings is 2. The van der Waals surface area contributed by atoms with Crippen LogP contribution in [0.25, 0.3) is 10.9 Å². The van der Waals surface area contributed by atoms with Crippen LogP contribution in [0.5, 0.6) is 0 Å². The molecule has 30 heavy (non-hydrogen) atoms. The summed E-state index contributed by atoms with van der Waals surface area (Å²) in [5.74, 6) is 0.380. The van der Waals surface area contributed by atoms with Crippen LogP contribution in [-0.4, -0.2) is 37.2 Å². The van der Waals surface area contributed by atoms with Crippen LogP contribution in [0.3, 0.4) is 0 Å². The Morgan fingerprint density at radius 2 is 1.83 bits per heavy atom. The van der Waals surface area contributed by atoms with E-state index in [0.29, 0.717) is 24.3 Å². The van der Waals surface area contributed by atoms with E-state index in [2.05, 4.69) is 10.2 Å². The average molecular weight is 407 g/mol. The topological polar surface area (TPSA) is 54.5 Å². The lowest BCUT2D eigenvalue weighted by Gasteiger charge is -2.27. The summed E-state index contributed by atoms with van der Waals surface area (Å²) in [7, 11) is 0. The minimum absolute atomic E-state index is 0.237. The molecule has 1 atom stereocenters. The van der Waals surface area contributed by atoms with Crippen LogP contribution in [0.15, 0.2) is 42.5 Å². The number of hydrogen-bond acceptors (Lipinski definition) is 4. The van der Waals surface area contributed by atoms with Crippen molar-refractivity contribution in [2.75, 3.05) is 31.2 Å². The number of anilines is 1. The molecule has 1 aliphatic heterocycles. The van der Waals surface area contributed by atoms with E-state index in [1.54, 1.807) is 19.1 Å². The third kappa shape index (κ3) is 4.14. The molecule has 1 saturated heterocycles. The van der Waals surface area contributed by atoms with E-state index in [4.69, 9.17) is 9.72 Å². The van der Waals surface area contributed by atoms with Crippen molar-refractivity contribution >= 4 is 22.6 Å². The monoisotopic (exact) mass is 407 g/mol. The van der Waals surface area contributed by atoms with Crippen molar-refractivity contribution in [1.29, 1.82) is 0 Å². The summed E-state index contributed by atoms with van der Waals surface area (Å²) >= 11 is 0. The van der Waals surface area contributed by atoms with Gasteiger partial charge in [0.05, 0.1) is 24.8 Å². The minimum atomic E-state index is -0.436. The Balaban J connectivity index is 1.52. The quantitative estimate of drug-likeness (QED) is 0.700. The molecule has 6 heteroatoms. The first kappa shape index (κ1) is 20.3. The molecule has 1 fully saturated rings. The fourth-order valence-corrected chi connectivity index (χ4v) is 3.72. The molecule has 0 unspecified atom stereocenters. The molecule has 156 valence electrons. The molecular formula is C24H26FN3O2. The van der Waals surface area contributed by atoms with Crippen LogP contribution < -0.4 is 10.2 Å². The number of ether oxygens (including phenoxy) is 1. The molecule has 0 saturated carbocycles. The maximum atomic E-state index is 14.4. The second-order valence-electron chi connectivity index (χ2n) is 7.83. The number of carbonyl (C=O) groups is 1. The third-order valence-electron chi connectivity index (χ3n) is 5.70. The van der Waals surface area contributed by atoms with Crippen molar-refractivity contribution in [3.63, 3.8) is 0 Å². The van der Waals surface area contributed by atoms with Crippen molar-refractivity contribution in [3.8, 4) is 0 Å². The third-order valence-corrected chi connectivity index (χ3v) is 5.70. The van der Waals surface area contributed by atoms with Crippen LogP contribution in [0.2, 0.25) is 0 Å². The normalized spacial score (nSPS) is 15.3.